The van der Waals surface area contributed by atoms with Gasteiger partial charge in [0.1, 0.15) is 13.2 Å². The van der Waals surface area contributed by atoms with Gasteiger partial charge in [0.05, 0.1) is 0 Å². The van der Waals surface area contributed by atoms with Crippen molar-refractivity contribution in [2.75, 3.05) is 13.2 Å². The molecule has 368 valence electrons. The Bertz CT molecular complexity index is 1060. The Hall–Kier alpha value is -2.37. The summed E-state index contributed by atoms with van der Waals surface area (Å²) in [5.41, 5.74) is 0. The number of esters is 3. The third-order valence-corrected chi connectivity index (χ3v) is 12.1. The van der Waals surface area contributed by atoms with Gasteiger partial charge in [0.15, 0.2) is 6.10 Å². The van der Waals surface area contributed by atoms with Gasteiger partial charge in [-0.15, -0.1) is 0 Å². The minimum Gasteiger partial charge on any atom is -0.462 e. The Kier molecular flexibility index (Phi) is 50.3. The molecule has 0 unspecified atom stereocenters. The lowest BCUT2D eigenvalue weighted by Gasteiger charge is -2.18. The fourth-order valence-electron chi connectivity index (χ4n) is 7.94. The highest BCUT2D eigenvalue weighted by Gasteiger charge is 2.19. The summed E-state index contributed by atoms with van der Waals surface area (Å²) in [6.45, 7) is 6.62. The Labute approximate surface area is 391 Å². The largest absolute Gasteiger partial charge is 0.462 e. The van der Waals surface area contributed by atoms with Crippen molar-refractivity contribution in [3.05, 3.63) is 36.5 Å². The third kappa shape index (κ3) is 50.5. The topological polar surface area (TPSA) is 78.9 Å². The van der Waals surface area contributed by atoms with E-state index in [9.17, 15) is 14.4 Å². The Morgan fingerprint density at radius 3 is 0.921 bits per heavy atom. The highest BCUT2D eigenvalue weighted by atomic mass is 16.6. The number of hydrogen-bond acceptors (Lipinski definition) is 6. The summed E-state index contributed by atoms with van der Waals surface area (Å²) in [6.07, 6.45) is 61.3. The molecule has 0 amide bonds. The average molecular weight is 885 g/mol. The van der Waals surface area contributed by atoms with E-state index in [0.717, 1.165) is 70.6 Å². The number of carbonyl (C=O) groups is 3. The Morgan fingerprint density at radius 2 is 0.571 bits per heavy atom. The molecule has 6 nitrogen and oxygen atoms in total. The molecule has 0 bridgehead atoms. The lowest BCUT2D eigenvalue weighted by Crippen LogP contribution is -2.30. The zero-order valence-electron chi connectivity index (χ0n) is 42.1. The third-order valence-electron chi connectivity index (χ3n) is 12.1. The van der Waals surface area contributed by atoms with Gasteiger partial charge in [-0.3, -0.25) is 14.4 Å². The first kappa shape index (κ1) is 60.6. The number of unbranched alkanes of at least 4 members (excludes halogenated alkanes) is 33. The number of ether oxygens (including phenoxy) is 3. The fourth-order valence-corrected chi connectivity index (χ4v) is 7.94. The van der Waals surface area contributed by atoms with E-state index < -0.39 is 6.10 Å². The van der Waals surface area contributed by atoms with Crippen LogP contribution in [-0.2, 0) is 28.6 Å². The Balaban J connectivity index is 4.31. The Morgan fingerprint density at radius 1 is 0.317 bits per heavy atom. The molecule has 0 rings (SSSR count). The zero-order valence-corrected chi connectivity index (χ0v) is 42.1. The highest BCUT2D eigenvalue weighted by molar-refractivity contribution is 5.71. The van der Waals surface area contributed by atoms with E-state index in [2.05, 4.69) is 57.2 Å². The molecule has 0 saturated heterocycles. The summed E-state index contributed by atoms with van der Waals surface area (Å²) in [7, 11) is 0. The maximum Gasteiger partial charge on any atom is 0.306 e. The lowest BCUT2D eigenvalue weighted by molar-refractivity contribution is -0.167. The van der Waals surface area contributed by atoms with E-state index in [1.165, 1.54) is 180 Å². The van der Waals surface area contributed by atoms with Gasteiger partial charge < -0.3 is 14.2 Å². The van der Waals surface area contributed by atoms with Gasteiger partial charge in [-0.25, -0.2) is 0 Å². The number of rotatable bonds is 50. The van der Waals surface area contributed by atoms with Crippen molar-refractivity contribution < 1.29 is 28.6 Å². The second kappa shape index (κ2) is 52.3. The molecule has 0 saturated carbocycles. The van der Waals surface area contributed by atoms with Gasteiger partial charge in [-0.2, -0.15) is 0 Å². The van der Waals surface area contributed by atoms with Crippen LogP contribution >= 0.6 is 0 Å². The van der Waals surface area contributed by atoms with Crippen molar-refractivity contribution >= 4 is 17.9 Å². The molecule has 0 heterocycles. The van der Waals surface area contributed by atoms with Gasteiger partial charge in [0.25, 0.3) is 0 Å². The molecule has 1 atom stereocenters. The molecule has 0 aromatic carbocycles. The summed E-state index contributed by atoms with van der Waals surface area (Å²) in [5, 5.41) is 0. The van der Waals surface area contributed by atoms with Crippen LogP contribution in [0.1, 0.15) is 290 Å². The first-order chi connectivity index (χ1) is 31.0. The van der Waals surface area contributed by atoms with E-state index in [0.29, 0.717) is 19.3 Å². The van der Waals surface area contributed by atoms with Crippen LogP contribution in [0.15, 0.2) is 36.5 Å². The molecule has 0 spiro atoms. The molecule has 0 aliphatic carbocycles. The second-order valence-electron chi connectivity index (χ2n) is 18.5. The summed E-state index contributed by atoms with van der Waals surface area (Å²) >= 11 is 0. The molecule has 6 heteroatoms. The predicted octanol–water partition coefficient (Wildman–Crippen LogP) is 18.1. The minimum absolute atomic E-state index is 0.0738. The molecule has 0 fully saturated rings. The molecule has 0 aliphatic heterocycles. The maximum atomic E-state index is 12.8. The van der Waals surface area contributed by atoms with E-state index >= 15 is 0 Å². The van der Waals surface area contributed by atoms with E-state index in [1.54, 1.807) is 0 Å². The second-order valence-corrected chi connectivity index (χ2v) is 18.5. The van der Waals surface area contributed by atoms with Gasteiger partial charge >= 0.3 is 17.9 Å². The number of carbonyl (C=O) groups excluding carboxylic acids is 3. The van der Waals surface area contributed by atoms with Crippen LogP contribution in [0.5, 0.6) is 0 Å². The highest BCUT2D eigenvalue weighted by Crippen LogP contribution is 2.15. The predicted molar refractivity (Wildman–Crippen MR) is 270 cm³/mol. The first-order valence-corrected chi connectivity index (χ1v) is 27.5. The smallest absolute Gasteiger partial charge is 0.306 e. The number of hydrogen-bond donors (Lipinski definition) is 0. The standard InChI is InChI=1S/C57H104O6/c1-4-7-10-13-16-19-22-24-26-28-29-30-32-33-35-38-41-44-47-50-56(59)62-53-54(52-61-55(58)49-46-43-40-37-21-18-15-12-9-6-3)63-57(60)51-48-45-42-39-36-34-31-27-25-23-20-17-14-11-8-5-2/h16,19,24,26-27,31,54H,4-15,17-18,20-23,25,28-30,32-53H2,1-3H3/b19-16-,26-24-,31-27-/t54-/m1/s1. The van der Waals surface area contributed by atoms with Crippen LogP contribution < -0.4 is 0 Å². The molecule has 0 aromatic rings. The van der Waals surface area contributed by atoms with Crippen LogP contribution in [0.25, 0.3) is 0 Å². The monoisotopic (exact) mass is 885 g/mol. The van der Waals surface area contributed by atoms with Crippen LogP contribution in [0.4, 0.5) is 0 Å². The minimum atomic E-state index is -0.774. The zero-order chi connectivity index (χ0) is 45.8. The lowest BCUT2D eigenvalue weighted by atomic mass is 10.1. The van der Waals surface area contributed by atoms with Crippen molar-refractivity contribution in [1.29, 1.82) is 0 Å². The van der Waals surface area contributed by atoms with Crippen LogP contribution in [-0.4, -0.2) is 37.2 Å². The van der Waals surface area contributed by atoms with Crippen molar-refractivity contribution in [2.45, 2.75) is 297 Å². The first-order valence-electron chi connectivity index (χ1n) is 27.5. The van der Waals surface area contributed by atoms with Crippen LogP contribution in [0, 0.1) is 0 Å². The average Bonchev–Trinajstić information content (AvgIpc) is 3.28. The molecular formula is C57H104O6. The van der Waals surface area contributed by atoms with E-state index in [1.807, 2.05) is 0 Å². The van der Waals surface area contributed by atoms with Crippen molar-refractivity contribution in [1.82, 2.24) is 0 Å². The van der Waals surface area contributed by atoms with Gasteiger partial charge in [0.2, 0.25) is 0 Å². The quantitative estimate of drug-likeness (QED) is 0.0262. The van der Waals surface area contributed by atoms with Crippen molar-refractivity contribution in [2.24, 2.45) is 0 Å². The summed E-state index contributed by atoms with van der Waals surface area (Å²) in [5.74, 6) is -0.875. The summed E-state index contributed by atoms with van der Waals surface area (Å²) in [6, 6.07) is 0. The van der Waals surface area contributed by atoms with Crippen LogP contribution in [0.3, 0.4) is 0 Å². The van der Waals surface area contributed by atoms with Crippen molar-refractivity contribution in [3.63, 3.8) is 0 Å². The SMILES string of the molecule is CCCCC/C=C\C/C=C\CCCCCCCCCCCC(=O)OC[C@@H](COC(=O)CCCCCCCCCCCC)OC(=O)CCCCCCC/C=C\CCCCCCCCC. The summed E-state index contributed by atoms with van der Waals surface area (Å²) in [4.78, 5) is 38.0. The van der Waals surface area contributed by atoms with Crippen LogP contribution in [0.2, 0.25) is 0 Å². The molecule has 0 radical (unpaired) electrons. The normalized spacial score (nSPS) is 12.2. The number of allylic oxidation sites excluding steroid dienone is 6. The molecule has 0 aromatic heterocycles. The van der Waals surface area contributed by atoms with Gasteiger partial charge in [0, 0.05) is 19.3 Å². The molecule has 0 aliphatic rings. The fraction of sp³-hybridized carbons (Fsp3) is 0.842. The van der Waals surface area contributed by atoms with E-state index in [4.69, 9.17) is 14.2 Å². The van der Waals surface area contributed by atoms with Gasteiger partial charge in [-0.1, -0.05) is 231 Å². The molecule has 0 N–H and O–H groups in total. The molecular weight excluding hydrogens is 781 g/mol. The maximum absolute atomic E-state index is 12.8. The van der Waals surface area contributed by atoms with Crippen molar-refractivity contribution in [3.8, 4) is 0 Å². The molecule has 63 heavy (non-hydrogen) atoms. The van der Waals surface area contributed by atoms with E-state index in [-0.39, 0.29) is 31.1 Å². The summed E-state index contributed by atoms with van der Waals surface area (Å²) < 4.78 is 16.8. The van der Waals surface area contributed by atoms with Gasteiger partial charge in [-0.05, 0) is 77.0 Å².